The lowest BCUT2D eigenvalue weighted by Crippen LogP contribution is -2.33. The number of aryl methyl sites for hydroxylation is 6. The molecule has 0 unspecified atom stereocenters. The molecule has 2 aliphatic rings. The molecule has 4 amide bonds. The lowest BCUT2D eigenvalue weighted by atomic mass is 9.98. The Kier molecular flexibility index (Phi) is 14.6. The number of halogens is 6. The van der Waals surface area contributed by atoms with Gasteiger partial charge in [0.2, 0.25) is 0 Å². The summed E-state index contributed by atoms with van der Waals surface area (Å²) in [5.74, 6) is 1.47. The fourth-order valence-corrected chi connectivity index (χ4v) is 9.55. The highest BCUT2D eigenvalue weighted by Gasteiger charge is 2.38. The van der Waals surface area contributed by atoms with Crippen LogP contribution < -0.4 is 10.6 Å². The Labute approximate surface area is 386 Å². The average Bonchev–Trinajstić information content (AvgIpc) is 3.93. The maximum atomic E-state index is 12.7. The molecule has 2 N–H and O–H groups in total. The number of hydrogen-bond acceptors (Lipinski definition) is 10. The van der Waals surface area contributed by atoms with Crippen LogP contribution in [0.2, 0.25) is 0 Å². The Hall–Kier alpha value is -5.76. The molecular weight excluding hydrogens is 903 g/mol. The number of nitrogens with zero attached hydrogens (tertiary/aromatic N) is 8. The van der Waals surface area contributed by atoms with E-state index in [1.165, 1.54) is 9.80 Å². The van der Waals surface area contributed by atoms with Crippen LogP contribution in [-0.2, 0) is 12.8 Å². The highest BCUT2D eigenvalue weighted by molar-refractivity contribution is 8.01. The van der Waals surface area contributed by atoms with Gasteiger partial charge >= 0.3 is 23.1 Å². The molecule has 2 saturated heterocycles. The Morgan fingerprint density at radius 2 is 1.00 bits per heavy atom. The van der Waals surface area contributed by atoms with Crippen LogP contribution in [0.3, 0.4) is 0 Å². The van der Waals surface area contributed by atoms with Gasteiger partial charge in [-0.05, 0) is 123 Å². The number of aromatic nitrogens is 6. The average molecular weight is 951 g/mol. The Morgan fingerprint density at radius 3 is 1.36 bits per heavy atom. The standard InChI is InChI=1S/2C23H24F3N5OS/c2*1-4-20-27-11-15-9-19(14(3)28-21(15)30-20)18-10-16(6-5-13(18)2)29-22(32)31-8-7-17(12-31)33-23(24,25)26/h2*5-6,9-11,17H,4,7-8,12H2,1-3H3,(H,29,32)/t2*17-/m10/s1. The normalized spacial score (nSPS) is 16.4. The summed E-state index contributed by atoms with van der Waals surface area (Å²) >= 11 is -0.0813. The number of hydrogen-bond donors (Lipinski definition) is 2. The molecule has 0 bridgehead atoms. The summed E-state index contributed by atoms with van der Waals surface area (Å²) in [7, 11) is 0. The molecule has 2 aliphatic heterocycles. The second-order valence-electron chi connectivity index (χ2n) is 16.1. The smallest absolute Gasteiger partial charge is 0.323 e. The first-order chi connectivity index (χ1) is 31.2. The van der Waals surface area contributed by atoms with Gasteiger partial charge < -0.3 is 20.4 Å². The molecule has 8 rings (SSSR count). The molecule has 4 aromatic heterocycles. The van der Waals surface area contributed by atoms with E-state index in [1.807, 2.05) is 77.9 Å². The molecular formula is C46H48F6N10O2S2. The summed E-state index contributed by atoms with van der Waals surface area (Å²) in [6, 6.07) is 14.3. The Morgan fingerprint density at radius 1 is 0.606 bits per heavy atom. The summed E-state index contributed by atoms with van der Waals surface area (Å²) in [4.78, 5) is 55.1. The van der Waals surface area contributed by atoms with Gasteiger partial charge in [0.25, 0.3) is 0 Å². The van der Waals surface area contributed by atoms with Crippen molar-refractivity contribution in [1.29, 1.82) is 0 Å². The van der Waals surface area contributed by atoms with Gasteiger partial charge in [-0.2, -0.15) is 26.3 Å². The molecule has 2 aromatic carbocycles. The lowest BCUT2D eigenvalue weighted by Gasteiger charge is -2.19. The zero-order valence-electron chi connectivity index (χ0n) is 37.1. The number of likely N-dealkylation sites (tertiary alicyclic amines) is 2. The van der Waals surface area contributed by atoms with Crippen LogP contribution in [0.25, 0.3) is 44.3 Å². The molecule has 20 heteroatoms. The number of urea groups is 2. The number of alkyl halides is 6. The molecule has 6 aromatic rings. The number of carbonyl (C=O) groups is 2. The highest BCUT2D eigenvalue weighted by Crippen LogP contribution is 2.39. The van der Waals surface area contributed by atoms with Gasteiger partial charge in [-0.1, -0.05) is 26.0 Å². The van der Waals surface area contributed by atoms with Crippen molar-refractivity contribution in [2.45, 2.75) is 88.7 Å². The predicted octanol–water partition coefficient (Wildman–Crippen LogP) is 11.5. The van der Waals surface area contributed by atoms with Gasteiger partial charge in [0.15, 0.2) is 11.3 Å². The van der Waals surface area contributed by atoms with Crippen molar-refractivity contribution in [3.8, 4) is 22.3 Å². The number of thioether (sulfide) groups is 2. The van der Waals surface area contributed by atoms with Crippen molar-refractivity contribution in [3.63, 3.8) is 0 Å². The van der Waals surface area contributed by atoms with E-state index >= 15 is 0 Å². The number of anilines is 2. The molecule has 0 saturated carbocycles. The topological polar surface area (TPSA) is 142 Å². The van der Waals surface area contributed by atoms with E-state index in [9.17, 15) is 35.9 Å². The predicted molar refractivity (Wildman–Crippen MR) is 249 cm³/mol. The van der Waals surface area contributed by atoms with E-state index in [-0.39, 0.29) is 36.6 Å². The van der Waals surface area contributed by atoms with Crippen LogP contribution in [0.15, 0.2) is 60.9 Å². The van der Waals surface area contributed by atoms with Gasteiger partial charge in [0.1, 0.15) is 11.6 Å². The largest absolute Gasteiger partial charge is 0.442 e. The number of rotatable bonds is 8. The number of nitrogens with one attached hydrogen (secondary N) is 2. The Balaban J connectivity index is 0.000000196. The zero-order chi connectivity index (χ0) is 47.5. The summed E-state index contributed by atoms with van der Waals surface area (Å²) in [5.41, 5.74) is 1.11. The molecule has 2 atom stereocenters. The fourth-order valence-electron chi connectivity index (χ4n) is 7.84. The van der Waals surface area contributed by atoms with Gasteiger partial charge in [0.05, 0.1) is 0 Å². The monoisotopic (exact) mass is 950 g/mol. The first-order valence-electron chi connectivity index (χ1n) is 21.3. The third kappa shape index (κ3) is 12.0. The third-order valence-corrected chi connectivity index (χ3v) is 13.2. The molecule has 348 valence electrons. The van der Waals surface area contributed by atoms with E-state index in [0.29, 0.717) is 48.6 Å². The van der Waals surface area contributed by atoms with E-state index in [0.717, 1.165) is 80.0 Å². The summed E-state index contributed by atoms with van der Waals surface area (Å²) < 4.78 is 75.7. The lowest BCUT2D eigenvalue weighted by molar-refractivity contribution is -0.0342. The van der Waals surface area contributed by atoms with Crippen LogP contribution in [-0.4, -0.2) is 99.5 Å². The summed E-state index contributed by atoms with van der Waals surface area (Å²) in [6.07, 6.45) is 5.63. The molecule has 6 heterocycles. The van der Waals surface area contributed by atoms with Crippen LogP contribution in [0, 0.1) is 27.7 Å². The molecule has 0 spiro atoms. The van der Waals surface area contributed by atoms with Crippen molar-refractivity contribution in [2.24, 2.45) is 0 Å². The first kappa shape index (κ1) is 48.2. The Bertz CT molecular complexity index is 2590. The third-order valence-electron chi connectivity index (χ3n) is 11.3. The second kappa shape index (κ2) is 20.0. The minimum Gasteiger partial charge on any atom is -0.323 e. The minimum atomic E-state index is -4.29. The molecule has 12 nitrogen and oxygen atoms in total. The SMILES string of the molecule is CCc1ncc2cc(-c3cc(NC(=O)N4CC[C@@H](SC(F)(F)F)C4)ccc3C)c(C)nc2n1.CCc1ncc2cc(-c3cc(NC(=O)N4CC[C@H](SC(F)(F)F)C4)ccc3C)c(C)nc2n1. The summed E-state index contributed by atoms with van der Waals surface area (Å²) in [5, 5.41) is 6.04. The van der Waals surface area contributed by atoms with E-state index in [4.69, 9.17) is 0 Å². The van der Waals surface area contributed by atoms with Crippen LogP contribution in [0.5, 0.6) is 0 Å². The van der Waals surface area contributed by atoms with E-state index in [1.54, 1.807) is 24.5 Å². The van der Waals surface area contributed by atoms with Gasteiger partial charge in [-0.15, -0.1) is 0 Å². The zero-order valence-corrected chi connectivity index (χ0v) is 38.7. The van der Waals surface area contributed by atoms with Gasteiger partial charge in [-0.3, -0.25) is 0 Å². The van der Waals surface area contributed by atoms with Crippen molar-refractivity contribution >= 4 is 69.0 Å². The number of amides is 4. The number of benzene rings is 2. The van der Waals surface area contributed by atoms with Crippen LogP contribution in [0.4, 0.5) is 47.3 Å². The molecule has 0 radical (unpaired) electrons. The van der Waals surface area contributed by atoms with Gasteiger partial charge in [-0.25, -0.2) is 39.5 Å². The highest BCUT2D eigenvalue weighted by atomic mass is 32.2. The van der Waals surface area contributed by atoms with E-state index < -0.39 is 33.6 Å². The molecule has 2 fully saturated rings. The fraction of sp³-hybridized carbons (Fsp3) is 0.391. The van der Waals surface area contributed by atoms with Crippen molar-refractivity contribution in [1.82, 2.24) is 39.7 Å². The van der Waals surface area contributed by atoms with Crippen LogP contribution in [0.1, 0.15) is 60.9 Å². The first-order valence-corrected chi connectivity index (χ1v) is 23.1. The number of fused-ring (bicyclic) bond motifs is 2. The van der Waals surface area contributed by atoms with Gasteiger partial charge in [0, 0.05) is 107 Å². The number of pyridine rings is 2. The molecule has 66 heavy (non-hydrogen) atoms. The quantitative estimate of drug-likeness (QED) is 0.142. The maximum Gasteiger partial charge on any atom is 0.442 e. The van der Waals surface area contributed by atoms with Crippen molar-refractivity contribution < 1.29 is 35.9 Å². The maximum absolute atomic E-state index is 12.7. The van der Waals surface area contributed by atoms with Crippen LogP contribution >= 0.6 is 23.5 Å². The summed E-state index contributed by atoms with van der Waals surface area (Å²) in [6.45, 7) is 12.5. The minimum absolute atomic E-state index is 0.0407. The van der Waals surface area contributed by atoms with Crippen molar-refractivity contribution in [3.05, 3.63) is 95.1 Å². The van der Waals surface area contributed by atoms with E-state index in [2.05, 4.69) is 40.5 Å². The van der Waals surface area contributed by atoms with Crippen molar-refractivity contribution in [2.75, 3.05) is 36.8 Å². The molecule has 0 aliphatic carbocycles. The number of carbonyl (C=O) groups excluding carboxylic acids is 2. The second-order valence-corrected chi connectivity index (χ2v) is 18.8.